The number of nitrogen functional groups attached to an aromatic ring is 1. The van der Waals surface area contributed by atoms with Crippen LogP contribution in [0.2, 0.25) is 0 Å². The summed E-state index contributed by atoms with van der Waals surface area (Å²) in [5, 5.41) is 12.4. The Morgan fingerprint density at radius 3 is 2.68 bits per heavy atom. The molecule has 0 saturated carbocycles. The fourth-order valence-electron chi connectivity index (χ4n) is 1.64. The van der Waals surface area contributed by atoms with E-state index in [1.54, 1.807) is 30.3 Å². The molecule has 1 amide bonds. The summed E-state index contributed by atoms with van der Waals surface area (Å²) in [7, 11) is 0. The number of aromatic hydroxyl groups is 1. The lowest BCUT2D eigenvalue weighted by Crippen LogP contribution is -2.12. The fourth-order valence-corrected chi connectivity index (χ4v) is 2.13. The van der Waals surface area contributed by atoms with E-state index in [1.165, 1.54) is 6.07 Å². The van der Waals surface area contributed by atoms with E-state index < -0.39 is 0 Å². The molecule has 0 spiro atoms. The van der Waals surface area contributed by atoms with Crippen LogP contribution in [0.5, 0.6) is 5.75 Å². The van der Waals surface area contributed by atoms with Crippen LogP contribution in [0.1, 0.15) is 15.9 Å². The molecular weight excluding hydrogens is 355 g/mol. The first kappa shape index (κ1) is 13.7. The van der Waals surface area contributed by atoms with Gasteiger partial charge in [0.2, 0.25) is 0 Å². The number of anilines is 2. The molecule has 0 radical (unpaired) electrons. The van der Waals surface area contributed by atoms with E-state index >= 15 is 0 Å². The highest BCUT2D eigenvalue weighted by Gasteiger charge is 2.12. The molecule has 0 aliphatic carbocycles. The Bertz CT molecular complexity index is 641. The highest BCUT2D eigenvalue weighted by molar-refractivity contribution is 14.1. The molecule has 2 aromatic rings. The number of carbonyl (C=O) groups excluding carboxylic acids is 1. The molecule has 0 aromatic heterocycles. The highest BCUT2D eigenvalue weighted by Crippen LogP contribution is 2.22. The Hall–Kier alpha value is -1.76. The summed E-state index contributed by atoms with van der Waals surface area (Å²) < 4.78 is 0.883. The molecule has 2 aromatic carbocycles. The van der Waals surface area contributed by atoms with Gasteiger partial charge in [0, 0.05) is 14.9 Å². The molecule has 19 heavy (non-hydrogen) atoms. The van der Waals surface area contributed by atoms with Crippen molar-refractivity contribution in [2.45, 2.75) is 6.92 Å². The van der Waals surface area contributed by atoms with E-state index in [0.717, 1.165) is 9.13 Å². The first-order chi connectivity index (χ1) is 8.97. The van der Waals surface area contributed by atoms with Crippen LogP contribution in [0.25, 0.3) is 0 Å². The lowest BCUT2D eigenvalue weighted by molar-refractivity contribution is 0.102. The second-order valence-electron chi connectivity index (χ2n) is 4.19. The molecule has 4 nitrogen and oxygen atoms in total. The van der Waals surface area contributed by atoms with Crippen LogP contribution < -0.4 is 11.1 Å². The standard InChI is InChI=1S/C14H13IN2O2/c1-8-6-10(3-4-12(8)16)17-14(19)11-7-9(15)2-5-13(11)18/h2-7,18H,16H2,1H3,(H,17,19). The maximum atomic E-state index is 12.1. The zero-order valence-electron chi connectivity index (χ0n) is 10.3. The maximum Gasteiger partial charge on any atom is 0.259 e. The van der Waals surface area contributed by atoms with E-state index in [-0.39, 0.29) is 17.2 Å². The van der Waals surface area contributed by atoms with Gasteiger partial charge in [0.1, 0.15) is 5.75 Å². The molecule has 0 unspecified atom stereocenters. The lowest BCUT2D eigenvalue weighted by atomic mass is 10.1. The summed E-state index contributed by atoms with van der Waals surface area (Å²) in [6.07, 6.45) is 0. The van der Waals surface area contributed by atoms with Crippen molar-refractivity contribution in [2.75, 3.05) is 11.1 Å². The SMILES string of the molecule is Cc1cc(NC(=O)c2cc(I)ccc2O)ccc1N. The fraction of sp³-hybridized carbons (Fsp3) is 0.0714. The number of nitrogens with two attached hydrogens (primary N) is 1. The van der Waals surface area contributed by atoms with Crippen molar-refractivity contribution in [3.63, 3.8) is 0 Å². The molecule has 0 atom stereocenters. The molecule has 0 saturated heterocycles. The minimum atomic E-state index is -0.347. The van der Waals surface area contributed by atoms with Crippen molar-refractivity contribution in [3.05, 3.63) is 51.1 Å². The van der Waals surface area contributed by atoms with E-state index in [0.29, 0.717) is 11.4 Å². The van der Waals surface area contributed by atoms with E-state index in [2.05, 4.69) is 27.9 Å². The smallest absolute Gasteiger partial charge is 0.259 e. The second-order valence-corrected chi connectivity index (χ2v) is 5.43. The topological polar surface area (TPSA) is 75.3 Å². The molecule has 4 N–H and O–H groups in total. The van der Waals surface area contributed by atoms with Gasteiger partial charge in [-0.05, 0) is 71.5 Å². The van der Waals surface area contributed by atoms with Crippen LogP contribution in [0.4, 0.5) is 11.4 Å². The van der Waals surface area contributed by atoms with Gasteiger partial charge in [-0.25, -0.2) is 0 Å². The number of phenolic OH excluding ortho intramolecular Hbond substituents is 1. The summed E-state index contributed by atoms with van der Waals surface area (Å²) in [6, 6.07) is 10.1. The van der Waals surface area contributed by atoms with Gasteiger partial charge in [-0.1, -0.05) is 0 Å². The van der Waals surface area contributed by atoms with Crippen LogP contribution in [-0.4, -0.2) is 11.0 Å². The number of phenols is 1. The maximum absolute atomic E-state index is 12.1. The Morgan fingerprint density at radius 1 is 1.26 bits per heavy atom. The molecule has 5 heteroatoms. The predicted octanol–water partition coefficient (Wildman–Crippen LogP) is 3.14. The normalized spacial score (nSPS) is 10.2. The van der Waals surface area contributed by atoms with Crippen LogP contribution >= 0.6 is 22.6 Å². The summed E-state index contributed by atoms with van der Waals surface area (Å²) in [6.45, 7) is 1.87. The first-order valence-electron chi connectivity index (χ1n) is 5.63. The van der Waals surface area contributed by atoms with E-state index in [9.17, 15) is 9.90 Å². The first-order valence-corrected chi connectivity index (χ1v) is 6.71. The quantitative estimate of drug-likeness (QED) is 0.563. The molecule has 0 aliphatic rings. The largest absolute Gasteiger partial charge is 0.507 e. The minimum Gasteiger partial charge on any atom is -0.507 e. The number of hydrogen-bond acceptors (Lipinski definition) is 3. The molecule has 0 heterocycles. The Balaban J connectivity index is 2.25. The highest BCUT2D eigenvalue weighted by atomic mass is 127. The number of carbonyl (C=O) groups is 1. The predicted molar refractivity (Wildman–Crippen MR) is 84.4 cm³/mol. The number of aryl methyl sites for hydroxylation is 1. The number of nitrogens with one attached hydrogen (secondary N) is 1. The Morgan fingerprint density at radius 2 is 2.00 bits per heavy atom. The van der Waals surface area contributed by atoms with Gasteiger partial charge in [0.25, 0.3) is 5.91 Å². The minimum absolute atomic E-state index is 0.0370. The Labute approximate surface area is 124 Å². The third-order valence-corrected chi connectivity index (χ3v) is 3.40. The van der Waals surface area contributed by atoms with Gasteiger partial charge in [-0.2, -0.15) is 0 Å². The van der Waals surface area contributed by atoms with Crippen LogP contribution in [0.3, 0.4) is 0 Å². The number of amides is 1. The number of halogens is 1. The van der Waals surface area contributed by atoms with Gasteiger partial charge in [0.15, 0.2) is 0 Å². The van der Waals surface area contributed by atoms with Crippen molar-refractivity contribution in [1.82, 2.24) is 0 Å². The van der Waals surface area contributed by atoms with E-state index in [4.69, 9.17) is 5.73 Å². The third kappa shape index (κ3) is 3.17. The van der Waals surface area contributed by atoms with Crippen molar-refractivity contribution in [1.29, 1.82) is 0 Å². The van der Waals surface area contributed by atoms with Crippen molar-refractivity contribution < 1.29 is 9.90 Å². The molecule has 0 aliphatic heterocycles. The molecule has 98 valence electrons. The summed E-state index contributed by atoms with van der Waals surface area (Å²) in [5.74, 6) is -0.384. The monoisotopic (exact) mass is 368 g/mol. The second kappa shape index (κ2) is 5.48. The molecular formula is C14H13IN2O2. The average Bonchev–Trinajstić information content (AvgIpc) is 2.36. The van der Waals surface area contributed by atoms with Crippen molar-refractivity contribution in [3.8, 4) is 5.75 Å². The number of benzene rings is 2. The van der Waals surface area contributed by atoms with Crippen LogP contribution in [-0.2, 0) is 0 Å². The summed E-state index contributed by atoms with van der Waals surface area (Å²) >= 11 is 2.09. The van der Waals surface area contributed by atoms with Gasteiger partial charge >= 0.3 is 0 Å². The summed E-state index contributed by atoms with van der Waals surface area (Å²) in [4.78, 5) is 12.1. The van der Waals surface area contributed by atoms with Gasteiger partial charge in [-0.3, -0.25) is 4.79 Å². The van der Waals surface area contributed by atoms with Crippen LogP contribution in [0, 0.1) is 10.5 Å². The van der Waals surface area contributed by atoms with Gasteiger partial charge in [-0.15, -0.1) is 0 Å². The Kier molecular flexibility index (Phi) is 3.94. The lowest BCUT2D eigenvalue weighted by Gasteiger charge is -2.09. The average molecular weight is 368 g/mol. The number of rotatable bonds is 2. The van der Waals surface area contributed by atoms with Gasteiger partial charge < -0.3 is 16.2 Å². The molecule has 0 bridgehead atoms. The van der Waals surface area contributed by atoms with E-state index in [1.807, 2.05) is 6.92 Å². The molecule has 2 rings (SSSR count). The molecule has 0 fully saturated rings. The van der Waals surface area contributed by atoms with Gasteiger partial charge in [0.05, 0.1) is 5.56 Å². The van der Waals surface area contributed by atoms with Crippen molar-refractivity contribution >= 4 is 39.9 Å². The third-order valence-electron chi connectivity index (χ3n) is 2.73. The van der Waals surface area contributed by atoms with Crippen LogP contribution in [0.15, 0.2) is 36.4 Å². The zero-order chi connectivity index (χ0) is 14.0. The number of hydrogen-bond donors (Lipinski definition) is 3. The zero-order valence-corrected chi connectivity index (χ0v) is 12.4. The summed E-state index contributed by atoms with van der Waals surface area (Å²) in [5.41, 5.74) is 8.19. The van der Waals surface area contributed by atoms with Crippen molar-refractivity contribution in [2.24, 2.45) is 0 Å².